The molecule has 0 spiro atoms. The molecule has 0 saturated heterocycles. The predicted octanol–water partition coefficient (Wildman–Crippen LogP) is 10.8. The van der Waals surface area contributed by atoms with Crippen LogP contribution in [-0.2, 0) is 10.8 Å². The van der Waals surface area contributed by atoms with E-state index in [1.165, 1.54) is 22.5 Å². The standard InChI is InChI=1S/C44H48N2O4/c1-7-9-23-45-33-17-13-11-15-31(33)43(3,4)35(45)25-29-39(47)37(40(29)48)27-19-21-28(22-20-27)38-41(49)30(42(38)50)26-36-44(5,6)32-16-12-14-18-34(32)46(36)24-10-8-2/h11-22,25-26,47-50H,7-10,23-24H2,1-6H3. The van der Waals surface area contributed by atoms with Crippen molar-refractivity contribution in [2.45, 2.75) is 78.1 Å². The van der Waals surface area contributed by atoms with Crippen LogP contribution in [0.5, 0.6) is 0 Å². The van der Waals surface area contributed by atoms with Gasteiger partial charge in [0.15, 0.2) is 0 Å². The molecule has 0 amide bonds. The molecule has 258 valence electrons. The van der Waals surface area contributed by atoms with Crippen LogP contribution in [-0.4, -0.2) is 33.5 Å². The lowest BCUT2D eigenvalue weighted by atomic mass is 9.80. The topological polar surface area (TPSA) is 87.4 Å². The Bertz CT molecular complexity index is 1920. The number of para-hydroxylation sites is 2. The van der Waals surface area contributed by atoms with Gasteiger partial charge in [0, 0.05) is 46.7 Å². The Hall–Kier alpha value is -5.10. The third-order valence-corrected chi connectivity index (χ3v) is 11.1. The van der Waals surface area contributed by atoms with Crippen molar-refractivity contribution in [3.8, 4) is 0 Å². The number of aliphatic hydroxyl groups excluding tert-OH is 4. The molecule has 7 rings (SSSR count). The lowest BCUT2D eigenvalue weighted by Gasteiger charge is -2.30. The second-order valence-corrected chi connectivity index (χ2v) is 14.9. The van der Waals surface area contributed by atoms with Crippen molar-refractivity contribution in [2.75, 3.05) is 22.9 Å². The molecule has 0 fully saturated rings. The minimum atomic E-state index is -0.288. The van der Waals surface area contributed by atoms with E-state index in [2.05, 4.69) is 99.9 Å². The van der Waals surface area contributed by atoms with Crippen LogP contribution in [0.2, 0.25) is 0 Å². The van der Waals surface area contributed by atoms with E-state index in [-0.39, 0.29) is 33.9 Å². The molecule has 6 nitrogen and oxygen atoms in total. The fourth-order valence-electron chi connectivity index (χ4n) is 8.08. The summed E-state index contributed by atoms with van der Waals surface area (Å²) in [5.74, 6) is 0.223. The number of unbranched alkanes of at least 4 members (excludes halogenated alkanes) is 2. The first-order chi connectivity index (χ1) is 23.9. The molecule has 2 heterocycles. The van der Waals surface area contributed by atoms with Crippen molar-refractivity contribution < 1.29 is 20.4 Å². The molecule has 3 aromatic rings. The predicted molar refractivity (Wildman–Crippen MR) is 204 cm³/mol. The van der Waals surface area contributed by atoms with Gasteiger partial charge in [-0.2, -0.15) is 0 Å². The smallest absolute Gasteiger partial charge is 0.138 e. The Balaban J connectivity index is 1.14. The van der Waals surface area contributed by atoms with Gasteiger partial charge in [0.1, 0.15) is 23.0 Å². The third-order valence-electron chi connectivity index (χ3n) is 11.1. The van der Waals surface area contributed by atoms with Crippen molar-refractivity contribution >= 4 is 22.5 Å². The van der Waals surface area contributed by atoms with Crippen molar-refractivity contribution in [2.24, 2.45) is 0 Å². The Kier molecular flexibility index (Phi) is 8.25. The number of anilines is 2. The number of fused-ring (bicyclic) bond motifs is 2. The molecule has 0 radical (unpaired) electrons. The second-order valence-electron chi connectivity index (χ2n) is 14.9. The van der Waals surface area contributed by atoms with Crippen LogP contribution in [0.25, 0.3) is 11.1 Å². The number of hydrogen-bond donors (Lipinski definition) is 4. The number of hydrogen-bond acceptors (Lipinski definition) is 6. The van der Waals surface area contributed by atoms with Gasteiger partial charge < -0.3 is 30.2 Å². The SMILES string of the molecule is CCCCN1C(=CC2=C(O)C(c3ccc(C4=C(O)C(C=C5N(CCCC)c6ccccc6C5(C)C)=C4O)cc3)=C2O)C(C)(C)c2ccccc21. The van der Waals surface area contributed by atoms with Crippen LogP contribution >= 0.6 is 0 Å². The molecule has 0 unspecified atom stereocenters. The van der Waals surface area contributed by atoms with Gasteiger partial charge in [-0.05, 0) is 59.4 Å². The molecule has 4 aliphatic rings. The van der Waals surface area contributed by atoms with E-state index >= 15 is 0 Å². The summed E-state index contributed by atoms with van der Waals surface area (Å²) in [5, 5.41) is 45.1. The van der Waals surface area contributed by atoms with Gasteiger partial charge in [0.2, 0.25) is 0 Å². The first-order valence-corrected chi connectivity index (χ1v) is 18.0. The molecule has 50 heavy (non-hydrogen) atoms. The molecule has 3 aromatic carbocycles. The van der Waals surface area contributed by atoms with Crippen LogP contribution < -0.4 is 9.80 Å². The number of aliphatic hydroxyl groups is 4. The monoisotopic (exact) mass is 668 g/mol. The van der Waals surface area contributed by atoms with E-state index in [9.17, 15) is 20.4 Å². The minimum absolute atomic E-state index is 0.0557. The maximum Gasteiger partial charge on any atom is 0.138 e. The van der Waals surface area contributed by atoms with Gasteiger partial charge in [-0.3, -0.25) is 0 Å². The average molecular weight is 669 g/mol. The quantitative estimate of drug-likeness (QED) is 0.172. The summed E-state index contributed by atoms with van der Waals surface area (Å²) in [7, 11) is 0. The highest BCUT2D eigenvalue weighted by Crippen LogP contribution is 2.52. The van der Waals surface area contributed by atoms with E-state index in [1.54, 1.807) is 24.3 Å². The van der Waals surface area contributed by atoms with E-state index in [4.69, 9.17) is 0 Å². The van der Waals surface area contributed by atoms with Crippen molar-refractivity contribution in [1.82, 2.24) is 0 Å². The molecule has 6 heteroatoms. The summed E-state index contributed by atoms with van der Waals surface area (Å²) in [6.07, 6.45) is 8.07. The summed E-state index contributed by atoms with van der Waals surface area (Å²) in [4.78, 5) is 4.63. The number of allylic oxidation sites excluding steroid dienone is 6. The lowest BCUT2D eigenvalue weighted by molar-refractivity contribution is 0.371. The van der Waals surface area contributed by atoms with E-state index in [0.29, 0.717) is 33.4 Å². The van der Waals surface area contributed by atoms with Crippen molar-refractivity contribution in [3.05, 3.63) is 153 Å². The Labute approximate surface area is 296 Å². The van der Waals surface area contributed by atoms with Gasteiger partial charge >= 0.3 is 0 Å². The maximum atomic E-state index is 11.3. The first kappa shape index (κ1) is 33.4. The molecule has 0 bridgehead atoms. The Morgan fingerprint density at radius 2 is 0.880 bits per heavy atom. The minimum Gasteiger partial charge on any atom is -0.506 e. The van der Waals surface area contributed by atoms with E-state index in [0.717, 1.165) is 50.2 Å². The first-order valence-electron chi connectivity index (χ1n) is 18.0. The zero-order valence-corrected chi connectivity index (χ0v) is 30.0. The van der Waals surface area contributed by atoms with Gasteiger partial charge in [-0.1, -0.05) is 115 Å². The number of benzene rings is 3. The summed E-state index contributed by atoms with van der Waals surface area (Å²) < 4.78 is 0. The maximum absolute atomic E-state index is 11.3. The highest BCUT2D eigenvalue weighted by molar-refractivity contribution is 5.94. The van der Waals surface area contributed by atoms with Crippen molar-refractivity contribution in [3.63, 3.8) is 0 Å². The average Bonchev–Trinajstić information content (AvgIpc) is 3.46. The Morgan fingerprint density at radius 1 is 0.520 bits per heavy atom. The third kappa shape index (κ3) is 4.99. The van der Waals surface area contributed by atoms with Gasteiger partial charge in [0.25, 0.3) is 0 Å². The molecule has 0 aromatic heterocycles. The highest BCUT2D eigenvalue weighted by Gasteiger charge is 2.43. The summed E-state index contributed by atoms with van der Waals surface area (Å²) >= 11 is 0. The zero-order chi connectivity index (χ0) is 35.5. The molecular weight excluding hydrogens is 620 g/mol. The van der Waals surface area contributed by atoms with Gasteiger partial charge in [-0.15, -0.1) is 0 Å². The summed E-state index contributed by atoms with van der Waals surface area (Å²) in [5.41, 5.74) is 9.30. The molecule has 4 N–H and O–H groups in total. The number of nitrogens with zero attached hydrogens (tertiary/aromatic N) is 2. The van der Waals surface area contributed by atoms with Gasteiger partial charge in [0.05, 0.1) is 22.3 Å². The van der Waals surface area contributed by atoms with Crippen LogP contribution in [0.15, 0.2) is 131 Å². The second kappa shape index (κ2) is 12.3. The number of rotatable bonds is 10. The van der Waals surface area contributed by atoms with Crippen LogP contribution in [0.1, 0.15) is 89.5 Å². The van der Waals surface area contributed by atoms with E-state index < -0.39 is 0 Å². The van der Waals surface area contributed by atoms with Gasteiger partial charge in [-0.25, -0.2) is 0 Å². The fraction of sp³-hybridized carbons (Fsp3) is 0.318. The molecule has 0 saturated carbocycles. The summed E-state index contributed by atoms with van der Waals surface area (Å²) in [6, 6.07) is 24.0. The van der Waals surface area contributed by atoms with Crippen molar-refractivity contribution in [1.29, 1.82) is 0 Å². The van der Waals surface area contributed by atoms with E-state index in [1.807, 2.05) is 12.2 Å². The molecule has 2 aliphatic carbocycles. The lowest BCUT2D eigenvalue weighted by Crippen LogP contribution is -2.28. The van der Waals surface area contributed by atoms with Crippen LogP contribution in [0, 0.1) is 0 Å². The fourth-order valence-corrected chi connectivity index (χ4v) is 8.08. The largest absolute Gasteiger partial charge is 0.506 e. The van der Waals surface area contributed by atoms with Crippen LogP contribution in [0.4, 0.5) is 11.4 Å². The molecule has 2 aliphatic heterocycles. The Morgan fingerprint density at radius 3 is 1.22 bits per heavy atom. The molecule has 0 atom stereocenters. The zero-order valence-electron chi connectivity index (χ0n) is 30.0. The highest BCUT2D eigenvalue weighted by atomic mass is 16.3. The normalized spacial score (nSPS) is 20.6. The van der Waals surface area contributed by atoms with Crippen LogP contribution in [0.3, 0.4) is 0 Å². The molecular formula is C44H48N2O4. The summed E-state index contributed by atoms with van der Waals surface area (Å²) in [6.45, 7) is 14.8.